The van der Waals surface area contributed by atoms with E-state index in [0.717, 1.165) is 28.1 Å². The van der Waals surface area contributed by atoms with Crippen LogP contribution >= 0.6 is 15.9 Å². The molecular weight excluding hydrogens is 310 g/mol. The first-order valence-corrected chi connectivity index (χ1v) is 7.50. The van der Waals surface area contributed by atoms with Gasteiger partial charge in [-0.05, 0) is 52.4 Å². The minimum atomic E-state index is -0.208. The van der Waals surface area contributed by atoms with E-state index in [-0.39, 0.29) is 6.10 Å². The summed E-state index contributed by atoms with van der Waals surface area (Å²) in [6.07, 6.45) is 2.12. The molecule has 1 aromatic carbocycles. The lowest BCUT2D eigenvalue weighted by Gasteiger charge is -2.20. The number of fused-ring (bicyclic) bond motifs is 1. The van der Waals surface area contributed by atoms with Crippen molar-refractivity contribution in [1.29, 1.82) is 0 Å². The third-order valence-corrected chi connectivity index (χ3v) is 4.09. The van der Waals surface area contributed by atoms with Crippen LogP contribution in [0.15, 0.2) is 16.6 Å². The Labute approximate surface area is 121 Å². The van der Waals surface area contributed by atoms with Crippen LogP contribution in [-0.2, 0) is 6.54 Å². The smallest absolute Gasteiger partial charge is 0.175 e. The van der Waals surface area contributed by atoms with Crippen molar-refractivity contribution in [1.82, 2.24) is 5.32 Å². The second kappa shape index (κ2) is 5.69. The number of hydrogen-bond donors (Lipinski definition) is 2. The van der Waals surface area contributed by atoms with Gasteiger partial charge in [0.05, 0.1) is 10.6 Å². The Balaban J connectivity index is 1.59. The molecule has 1 aliphatic heterocycles. The molecule has 2 N–H and O–H groups in total. The molecule has 0 amide bonds. The van der Waals surface area contributed by atoms with Gasteiger partial charge < -0.3 is 19.9 Å². The second-order valence-corrected chi connectivity index (χ2v) is 5.99. The Bertz CT molecular complexity index is 462. The molecule has 104 valence electrons. The summed E-state index contributed by atoms with van der Waals surface area (Å²) in [5, 5.41) is 13.1. The SMILES string of the molecule is OC(CNCc1cc(Br)c2c(c1)OCCO2)C1CC1. The van der Waals surface area contributed by atoms with E-state index in [9.17, 15) is 5.11 Å². The van der Waals surface area contributed by atoms with Gasteiger partial charge in [-0.15, -0.1) is 0 Å². The summed E-state index contributed by atoms with van der Waals surface area (Å²) in [7, 11) is 0. The van der Waals surface area contributed by atoms with Crippen LogP contribution in [0.1, 0.15) is 18.4 Å². The third-order valence-electron chi connectivity index (χ3n) is 3.51. The topological polar surface area (TPSA) is 50.7 Å². The minimum absolute atomic E-state index is 0.208. The van der Waals surface area contributed by atoms with E-state index >= 15 is 0 Å². The standard InChI is InChI=1S/C14H18BrNO3/c15-11-5-9(6-13-14(11)19-4-3-18-13)7-16-8-12(17)10-1-2-10/h5-6,10,12,16-17H,1-4,7-8H2. The first-order valence-electron chi connectivity index (χ1n) is 6.71. The summed E-state index contributed by atoms with van der Waals surface area (Å²) in [4.78, 5) is 0. The lowest BCUT2D eigenvalue weighted by molar-refractivity contribution is 0.148. The van der Waals surface area contributed by atoms with Gasteiger partial charge in [-0.2, -0.15) is 0 Å². The molecule has 1 fully saturated rings. The zero-order chi connectivity index (χ0) is 13.2. The van der Waals surface area contributed by atoms with Crippen LogP contribution in [0, 0.1) is 5.92 Å². The molecule has 5 heteroatoms. The van der Waals surface area contributed by atoms with Crippen molar-refractivity contribution in [3.05, 3.63) is 22.2 Å². The zero-order valence-corrected chi connectivity index (χ0v) is 12.3. The highest BCUT2D eigenvalue weighted by atomic mass is 79.9. The number of aliphatic hydroxyl groups excluding tert-OH is 1. The largest absolute Gasteiger partial charge is 0.486 e. The van der Waals surface area contributed by atoms with Gasteiger partial charge in [0.2, 0.25) is 0 Å². The number of halogens is 1. The van der Waals surface area contributed by atoms with Crippen LogP contribution in [0.25, 0.3) is 0 Å². The van der Waals surface area contributed by atoms with Crippen molar-refractivity contribution in [3.8, 4) is 11.5 Å². The highest BCUT2D eigenvalue weighted by Gasteiger charge is 2.29. The van der Waals surface area contributed by atoms with Crippen LogP contribution in [0.3, 0.4) is 0 Å². The van der Waals surface area contributed by atoms with Gasteiger partial charge in [0.1, 0.15) is 13.2 Å². The second-order valence-electron chi connectivity index (χ2n) is 5.14. The van der Waals surface area contributed by atoms with Crippen molar-refractivity contribution in [3.63, 3.8) is 0 Å². The van der Waals surface area contributed by atoms with Gasteiger partial charge in [-0.3, -0.25) is 0 Å². The molecule has 1 aromatic rings. The van der Waals surface area contributed by atoms with E-state index in [1.54, 1.807) is 0 Å². The fourth-order valence-electron chi connectivity index (χ4n) is 2.28. The zero-order valence-electron chi connectivity index (χ0n) is 10.7. The quantitative estimate of drug-likeness (QED) is 0.869. The highest BCUT2D eigenvalue weighted by molar-refractivity contribution is 9.10. The summed E-state index contributed by atoms with van der Waals surface area (Å²) >= 11 is 3.50. The average molecular weight is 328 g/mol. The lowest BCUT2D eigenvalue weighted by Crippen LogP contribution is -2.27. The van der Waals surface area contributed by atoms with E-state index in [1.807, 2.05) is 12.1 Å². The van der Waals surface area contributed by atoms with Crippen molar-refractivity contribution in [2.45, 2.75) is 25.5 Å². The summed E-state index contributed by atoms with van der Waals surface area (Å²) in [5.41, 5.74) is 1.12. The first-order chi connectivity index (χ1) is 9.24. The van der Waals surface area contributed by atoms with Crippen molar-refractivity contribution < 1.29 is 14.6 Å². The van der Waals surface area contributed by atoms with E-state index in [0.29, 0.717) is 25.7 Å². The Hall–Kier alpha value is -0.780. The van der Waals surface area contributed by atoms with Crippen LogP contribution in [0.5, 0.6) is 11.5 Å². The van der Waals surface area contributed by atoms with Crippen LogP contribution in [0.4, 0.5) is 0 Å². The van der Waals surface area contributed by atoms with Crippen molar-refractivity contribution >= 4 is 15.9 Å². The maximum atomic E-state index is 9.80. The van der Waals surface area contributed by atoms with Gasteiger partial charge in [0.15, 0.2) is 11.5 Å². The molecule has 4 nitrogen and oxygen atoms in total. The van der Waals surface area contributed by atoms with Crippen LogP contribution in [-0.4, -0.2) is 31.0 Å². The maximum absolute atomic E-state index is 9.80. The monoisotopic (exact) mass is 327 g/mol. The Kier molecular flexibility index (Phi) is 3.96. The summed E-state index contributed by atoms with van der Waals surface area (Å²) < 4.78 is 12.1. The molecule has 0 spiro atoms. The molecule has 2 aliphatic rings. The number of ether oxygens (including phenoxy) is 2. The van der Waals surface area contributed by atoms with Gasteiger partial charge in [-0.25, -0.2) is 0 Å². The molecule has 1 aliphatic carbocycles. The molecule has 0 bridgehead atoms. The predicted octanol–water partition coefficient (Wildman–Crippen LogP) is 2.08. The molecule has 0 radical (unpaired) electrons. The van der Waals surface area contributed by atoms with Gasteiger partial charge in [-0.1, -0.05) is 0 Å². The molecular formula is C14H18BrNO3. The summed E-state index contributed by atoms with van der Waals surface area (Å²) in [6.45, 7) is 2.56. The Morgan fingerprint density at radius 2 is 2.11 bits per heavy atom. The number of aliphatic hydroxyl groups is 1. The van der Waals surface area contributed by atoms with E-state index in [2.05, 4.69) is 21.2 Å². The van der Waals surface area contributed by atoms with Crippen LogP contribution in [0.2, 0.25) is 0 Å². The van der Waals surface area contributed by atoms with E-state index in [4.69, 9.17) is 9.47 Å². The molecule has 1 unspecified atom stereocenters. The molecule has 19 heavy (non-hydrogen) atoms. The van der Waals surface area contributed by atoms with Crippen LogP contribution < -0.4 is 14.8 Å². The number of benzene rings is 1. The number of rotatable bonds is 5. The fourth-order valence-corrected chi connectivity index (χ4v) is 2.88. The minimum Gasteiger partial charge on any atom is -0.486 e. The number of nitrogens with one attached hydrogen (secondary N) is 1. The highest BCUT2D eigenvalue weighted by Crippen LogP contribution is 2.38. The fraction of sp³-hybridized carbons (Fsp3) is 0.571. The Morgan fingerprint density at radius 1 is 1.32 bits per heavy atom. The lowest BCUT2D eigenvalue weighted by atomic mass is 10.2. The van der Waals surface area contributed by atoms with E-state index < -0.39 is 0 Å². The molecule has 1 heterocycles. The molecule has 3 rings (SSSR count). The van der Waals surface area contributed by atoms with E-state index in [1.165, 1.54) is 12.8 Å². The molecule has 1 atom stereocenters. The third kappa shape index (κ3) is 3.22. The molecule has 1 saturated carbocycles. The van der Waals surface area contributed by atoms with Gasteiger partial charge in [0.25, 0.3) is 0 Å². The molecule has 0 aromatic heterocycles. The summed E-state index contributed by atoms with van der Waals surface area (Å²) in [5.74, 6) is 2.09. The predicted molar refractivity (Wildman–Crippen MR) is 75.6 cm³/mol. The normalized spacial score (nSPS) is 19.3. The maximum Gasteiger partial charge on any atom is 0.175 e. The summed E-state index contributed by atoms with van der Waals surface area (Å²) in [6, 6.07) is 4.03. The Morgan fingerprint density at radius 3 is 2.89 bits per heavy atom. The molecule has 0 saturated heterocycles. The van der Waals surface area contributed by atoms with Gasteiger partial charge >= 0.3 is 0 Å². The van der Waals surface area contributed by atoms with Gasteiger partial charge in [0, 0.05) is 13.1 Å². The average Bonchev–Trinajstić information content (AvgIpc) is 3.23. The van der Waals surface area contributed by atoms with Crippen molar-refractivity contribution in [2.24, 2.45) is 5.92 Å². The van der Waals surface area contributed by atoms with Crippen molar-refractivity contribution in [2.75, 3.05) is 19.8 Å². The number of hydrogen-bond acceptors (Lipinski definition) is 4. The first kappa shape index (κ1) is 13.2.